The third-order valence-corrected chi connectivity index (χ3v) is 3.52. The molecule has 0 spiro atoms. The second-order valence-electron chi connectivity index (χ2n) is 4.82. The van der Waals surface area contributed by atoms with Gasteiger partial charge in [-0.2, -0.15) is 0 Å². The lowest BCUT2D eigenvalue weighted by molar-refractivity contribution is 0.0981. The molecule has 0 unspecified atom stereocenters. The lowest BCUT2D eigenvalue weighted by Crippen LogP contribution is -2.05. The van der Waals surface area contributed by atoms with E-state index in [1.165, 1.54) is 0 Å². The normalized spacial score (nSPS) is 10.5. The lowest BCUT2D eigenvalue weighted by atomic mass is 9.95. The number of carbonyl (C=O) groups is 1. The number of hydrogen-bond donors (Lipinski definition) is 0. The molecule has 0 aliphatic carbocycles. The van der Waals surface area contributed by atoms with E-state index >= 15 is 0 Å². The molecule has 0 bridgehead atoms. The van der Waals surface area contributed by atoms with Crippen LogP contribution in [0, 0.1) is 13.8 Å². The zero-order valence-corrected chi connectivity index (χ0v) is 12.0. The van der Waals surface area contributed by atoms with Crippen LogP contribution in [0.4, 0.5) is 0 Å². The first-order valence-electron chi connectivity index (χ1n) is 6.42. The third kappa shape index (κ3) is 3.45. The molecule has 2 rings (SSSR count). The van der Waals surface area contributed by atoms with E-state index in [0.29, 0.717) is 6.42 Å². The minimum atomic E-state index is 0.204. The Hall–Kier alpha value is -1.60. The van der Waals surface area contributed by atoms with Crippen molar-refractivity contribution < 1.29 is 4.79 Å². The Morgan fingerprint density at radius 1 is 1.05 bits per heavy atom. The maximum Gasteiger partial charge on any atom is 0.163 e. The number of Topliss-reactive ketones (excluding diaryl/α,β-unsaturated/α-hetero) is 1. The number of hydrogen-bond acceptors (Lipinski definition) is 1. The molecule has 0 N–H and O–H groups in total. The Labute approximate surface area is 119 Å². The molecule has 0 saturated carbocycles. The van der Waals surface area contributed by atoms with Gasteiger partial charge in [-0.15, -0.1) is 0 Å². The molecule has 0 aliphatic heterocycles. The number of aryl methyl sites for hydroxylation is 3. The zero-order chi connectivity index (χ0) is 13.8. The first-order chi connectivity index (χ1) is 9.08. The zero-order valence-electron chi connectivity index (χ0n) is 11.2. The van der Waals surface area contributed by atoms with Crippen LogP contribution < -0.4 is 0 Å². The van der Waals surface area contributed by atoms with Crippen LogP contribution in [0.25, 0.3) is 0 Å². The lowest BCUT2D eigenvalue weighted by Gasteiger charge is -2.08. The summed E-state index contributed by atoms with van der Waals surface area (Å²) in [6.07, 6.45) is 1.25. The van der Waals surface area contributed by atoms with Crippen molar-refractivity contribution in [2.24, 2.45) is 0 Å². The number of rotatable bonds is 4. The van der Waals surface area contributed by atoms with Crippen LogP contribution in [0.15, 0.2) is 42.5 Å². The predicted octanol–water partition coefficient (Wildman–Crippen LogP) is 4.77. The molecule has 0 aliphatic rings. The second kappa shape index (κ2) is 6.03. The quantitative estimate of drug-likeness (QED) is 0.733. The Morgan fingerprint density at radius 2 is 1.68 bits per heavy atom. The van der Waals surface area contributed by atoms with Gasteiger partial charge in [-0.1, -0.05) is 41.9 Å². The Kier molecular flexibility index (Phi) is 4.39. The summed E-state index contributed by atoms with van der Waals surface area (Å²) in [6, 6.07) is 13.6. The van der Waals surface area contributed by atoms with E-state index in [2.05, 4.69) is 0 Å². The van der Waals surface area contributed by atoms with Gasteiger partial charge in [-0.3, -0.25) is 4.79 Å². The Balaban J connectivity index is 2.10. The first-order valence-corrected chi connectivity index (χ1v) is 6.79. The fraction of sp³-hybridized carbons (Fsp3) is 0.235. The first kappa shape index (κ1) is 13.8. The smallest absolute Gasteiger partial charge is 0.163 e. The van der Waals surface area contributed by atoms with Crippen molar-refractivity contribution in [3.8, 4) is 0 Å². The maximum absolute atomic E-state index is 12.3. The molecule has 2 heteroatoms. The molecule has 2 aromatic rings. The van der Waals surface area contributed by atoms with Crippen LogP contribution in [0.2, 0.25) is 5.02 Å². The van der Waals surface area contributed by atoms with Gasteiger partial charge in [0.25, 0.3) is 0 Å². The van der Waals surface area contributed by atoms with Crippen molar-refractivity contribution in [1.29, 1.82) is 0 Å². The summed E-state index contributed by atoms with van der Waals surface area (Å²) in [4.78, 5) is 12.3. The average Bonchev–Trinajstić information content (AvgIpc) is 2.36. The fourth-order valence-electron chi connectivity index (χ4n) is 2.33. The highest BCUT2D eigenvalue weighted by atomic mass is 35.5. The van der Waals surface area contributed by atoms with Gasteiger partial charge < -0.3 is 0 Å². The molecular formula is C17H17ClO. The standard InChI is InChI=1S/C17H17ClO/c1-12-5-3-6-13(2)17(12)16(19)10-9-14-7-4-8-15(18)11-14/h3-8,11H,9-10H2,1-2H3. The van der Waals surface area contributed by atoms with Crippen molar-refractivity contribution in [2.75, 3.05) is 0 Å². The van der Waals surface area contributed by atoms with Gasteiger partial charge in [-0.05, 0) is 49.1 Å². The number of benzene rings is 2. The molecule has 0 radical (unpaired) electrons. The predicted molar refractivity (Wildman–Crippen MR) is 80.0 cm³/mol. The molecule has 0 fully saturated rings. The van der Waals surface area contributed by atoms with E-state index in [9.17, 15) is 4.79 Å². The van der Waals surface area contributed by atoms with Crippen LogP contribution >= 0.6 is 11.6 Å². The summed E-state index contributed by atoms with van der Waals surface area (Å²) in [7, 11) is 0. The Bertz CT molecular complexity index is 582. The summed E-state index contributed by atoms with van der Waals surface area (Å²) in [6.45, 7) is 3.97. The molecule has 0 aromatic heterocycles. The highest BCUT2D eigenvalue weighted by Gasteiger charge is 2.11. The van der Waals surface area contributed by atoms with Crippen LogP contribution in [0.1, 0.15) is 33.5 Å². The van der Waals surface area contributed by atoms with Crippen molar-refractivity contribution in [3.63, 3.8) is 0 Å². The monoisotopic (exact) mass is 272 g/mol. The Morgan fingerprint density at radius 3 is 2.32 bits per heavy atom. The van der Waals surface area contributed by atoms with Crippen molar-refractivity contribution in [1.82, 2.24) is 0 Å². The summed E-state index contributed by atoms with van der Waals surface area (Å²) in [5.74, 6) is 0.204. The van der Waals surface area contributed by atoms with Gasteiger partial charge in [-0.25, -0.2) is 0 Å². The van der Waals surface area contributed by atoms with Crippen molar-refractivity contribution in [3.05, 3.63) is 69.7 Å². The second-order valence-corrected chi connectivity index (χ2v) is 5.26. The van der Waals surface area contributed by atoms with E-state index in [0.717, 1.165) is 33.7 Å². The molecule has 0 atom stereocenters. The minimum absolute atomic E-state index is 0.204. The van der Waals surface area contributed by atoms with Crippen molar-refractivity contribution in [2.45, 2.75) is 26.7 Å². The van der Waals surface area contributed by atoms with Gasteiger partial charge in [0.2, 0.25) is 0 Å². The number of carbonyl (C=O) groups excluding carboxylic acids is 1. The number of halogens is 1. The van der Waals surface area contributed by atoms with Crippen LogP contribution in [-0.4, -0.2) is 5.78 Å². The van der Waals surface area contributed by atoms with Gasteiger partial charge >= 0.3 is 0 Å². The fourth-order valence-corrected chi connectivity index (χ4v) is 2.54. The molecule has 0 amide bonds. The van der Waals surface area contributed by atoms with E-state index in [1.807, 2.05) is 56.3 Å². The third-order valence-electron chi connectivity index (χ3n) is 3.29. The SMILES string of the molecule is Cc1cccc(C)c1C(=O)CCc1cccc(Cl)c1. The topological polar surface area (TPSA) is 17.1 Å². The minimum Gasteiger partial charge on any atom is -0.294 e. The van der Waals surface area contributed by atoms with E-state index < -0.39 is 0 Å². The summed E-state index contributed by atoms with van der Waals surface area (Å²) in [5, 5.41) is 0.719. The van der Waals surface area contributed by atoms with Crippen LogP contribution in [-0.2, 0) is 6.42 Å². The number of ketones is 1. The summed E-state index contributed by atoms with van der Waals surface area (Å²) in [5.41, 5.74) is 4.07. The highest BCUT2D eigenvalue weighted by molar-refractivity contribution is 6.30. The van der Waals surface area contributed by atoms with Crippen LogP contribution in [0.5, 0.6) is 0 Å². The molecule has 0 heterocycles. The molecular weight excluding hydrogens is 256 g/mol. The van der Waals surface area contributed by atoms with Crippen LogP contribution in [0.3, 0.4) is 0 Å². The van der Waals surface area contributed by atoms with Gasteiger partial charge in [0.1, 0.15) is 0 Å². The molecule has 0 saturated heterocycles. The highest BCUT2D eigenvalue weighted by Crippen LogP contribution is 2.18. The summed E-state index contributed by atoms with van der Waals surface area (Å²) >= 11 is 5.94. The summed E-state index contributed by atoms with van der Waals surface area (Å²) < 4.78 is 0. The average molecular weight is 273 g/mol. The van der Waals surface area contributed by atoms with Gasteiger partial charge in [0, 0.05) is 17.0 Å². The van der Waals surface area contributed by atoms with Gasteiger partial charge in [0.15, 0.2) is 5.78 Å². The molecule has 19 heavy (non-hydrogen) atoms. The van der Waals surface area contributed by atoms with E-state index in [1.54, 1.807) is 0 Å². The maximum atomic E-state index is 12.3. The molecule has 1 nitrogen and oxygen atoms in total. The van der Waals surface area contributed by atoms with E-state index in [4.69, 9.17) is 11.6 Å². The molecule has 2 aromatic carbocycles. The van der Waals surface area contributed by atoms with E-state index in [-0.39, 0.29) is 5.78 Å². The van der Waals surface area contributed by atoms with Gasteiger partial charge in [0.05, 0.1) is 0 Å². The van der Waals surface area contributed by atoms with Crippen molar-refractivity contribution >= 4 is 17.4 Å². The largest absolute Gasteiger partial charge is 0.294 e. The molecule has 98 valence electrons.